The van der Waals surface area contributed by atoms with Crippen LogP contribution < -0.4 is 4.90 Å². The zero-order valence-corrected chi connectivity index (χ0v) is 12.3. The highest BCUT2D eigenvalue weighted by Gasteiger charge is 2.28. The molecule has 1 aliphatic rings. The molecule has 0 aliphatic carbocycles. The first kappa shape index (κ1) is 13.4. The summed E-state index contributed by atoms with van der Waals surface area (Å²) < 4.78 is 1.46. The van der Waals surface area contributed by atoms with Crippen molar-refractivity contribution in [1.29, 1.82) is 0 Å². The Bertz CT molecular complexity index is 683. The zero-order chi connectivity index (χ0) is 14.3. The van der Waals surface area contributed by atoms with E-state index in [9.17, 15) is 4.79 Å². The highest BCUT2D eigenvalue weighted by atomic mass is 35.5. The molecule has 1 aromatic carbocycles. The first-order chi connectivity index (χ1) is 9.58. The fraction of sp³-hybridized carbons (Fsp3) is 0.308. The van der Waals surface area contributed by atoms with Crippen LogP contribution >= 0.6 is 23.2 Å². The van der Waals surface area contributed by atoms with Crippen LogP contribution in [0.3, 0.4) is 0 Å². The van der Waals surface area contributed by atoms with Gasteiger partial charge in [-0.1, -0.05) is 28.4 Å². The van der Waals surface area contributed by atoms with Crippen molar-refractivity contribution >= 4 is 34.8 Å². The Morgan fingerprint density at radius 2 is 2.15 bits per heavy atom. The van der Waals surface area contributed by atoms with E-state index in [1.807, 2.05) is 6.07 Å². The van der Waals surface area contributed by atoms with Crippen LogP contribution in [0.2, 0.25) is 10.0 Å². The summed E-state index contributed by atoms with van der Waals surface area (Å²) in [6, 6.07) is 3.53. The summed E-state index contributed by atoms with van der Waals surface area (Å²) in [5.41, 5.74) is 2.18. The smallest absolute Gasteiger partial charge is 0.278 e. The molecule has 7 heteroatoms. The van der Waals surface area contributed by atoms with Crippen LogP contribution in [0.25, 0.3) is 0 Å². The molecule has 0 fully saturated rings. The molecule has 1 amide bonds. The highest BCUT2D eigenvalue weighted by molar-refractivity contribution is 6.37. The Morgan fingerprint density at radius 3 is 2.85 bits per heavy atom. The van der Waals surface area contributed by atoms with Gasteiger partial charge in [0.15, 0.2) is 0 Å². The third kappa shape index (κ3) is 2.17. The van der Waals surface area contributed by atoms with Gasteiger partial charge < -0.3 is 4.90 Å². The van der Waals surface area contributed by atoms with Crippen LogP contribution in [0.5, 0.6) is 0 Å². The van der Waals surface area contributed by atoms with E-state index in [4.69, 9.17) is 23.2 Å². The lowest BCUT2D eigenvalue weighted by Crippen LogP contribution is -2.36. The molecule has 3 rings (SSSR count). The molecule has 0 unspecified atom stereocenters. The first-order valence-electron chi connectivity index (χ1n) is 6.22. The molecule has 104 valence electrons. The Hall–Kier alpha value is -1.59. The molecule has 0 N–H and O–H groups in total. The standard InChI is InChI=1S/C13H12Cl2N4O/c1-18-11(7-16-17-18)13(20)19-4-2-3-8-5-9(14)6-10(15)12(8)19/h5-7H,2-4H2,1H3. The molecular weight excluding hydrogens is 299 g/mol. The molecule has 1 aromatic heterocycles. The maximum atomic E-state index is 12.6. The molecule has 0 spiro atoms. The molecule has 0 bridgehead atoms. The lowest BCUT2D eigenvalue weighted by molar-refractivity contribution is 0.0976. The Kier molecular flexibility index (Phi) is 3.40. The summed E-state index contributed by atoms with van der Waals surface area (Å²) in [4.78, 5) is 14.3. The maximum absolute atomic E-state index is 12.6. The van der Waals surface area contributed by atoms with E-state index >= 15 is 0 Å². The molecular formula is C13H12Cl2N4O. The quantitative estimate of drug-likeness (QED) is 0.813. The fourth-order valence-corrected chi connectivity index (χ4v) is 3.11. The average Bonchev–Trinajstić information content (AvgIpc) is 2.83. The van der Waals surface area contributed by atoms with Crippen LogP contribution in [0.4, 0.5) is 5.69 Å². The van der Waals surface area contributed by atoms with Gasteiger partial charge in [0.25, 0.3) is 5.91 Å². The largest absolute Gasteiger partial charge is 0.305 e. The zero-order valence-electron chi connectivity index (χ0n) is 10.8. The lowest BCUT2D eigenvalue weighted by Gasteiger charge is -2.30. The number of benzene rings is 1. The maximum Gasteiger partial charge on any atom is 0.278 e. The van der Waals surface area contributed by atoms with Crippen molar-refractivity contribution < 1.29 is 4.79 Å². The van der Waals surface area contributed by atoms with Gasteiger partial charge in [0.1, 0.15) is 5.69 Å². The number of carbonyl (C=O) groups excluding carboxylic acids is 1. The molecule has 0 saturated heterocycles. The third-order valence-corrected chi connectivity index (χ3v) is 3.89. The Labute approximate surface area is 126 Å². The second kappa shape index (κ2) is 5.07. The third-order valence-electron chi connectivity index (χ3n) is 3.38. The lowest BCUT2D eigenvalue weighted by atomic mass is 10.0. The number of carbonyl (C=O) groups is 1. The Balaban J connectivity index is 2.06. The van der Waals surface area contributed by atoms with Gasteiger partial charge in [-0.05, 0) is 30.5 Å². The van der Waals surface area contributed by atoms with E-state index in [0.29, 0.717) is 22.3 Å². The van der Waals surface area contributed by atoms with Crippen LogP contribution in [-0.4, -0.2) is 27.4 Å². The number of aromatic nitrogens is 3. The van der Waals surface area contributed by atoms with E-state index in [0.717, 1.165) is 24.1 Å². The van der Waals surface area contributed by atoms with Crippen molar-refractivity contribution in [2.45, 2.75) is 12.8 Å². The fourth-order valence-electron chi connectivity index (χ4n) is 2.48. The van der Waals surface area contributed by atoms with Gasteiger partial charge in [-0.15, -0.1) is 5.10 Å². The minimum absolute atomic E-state index is 0.150. The summed E-state index contributed by atoms with van der Waals surface area (Å²) in [6.45, 7) is 0.623. The molecule has 2 heterocycles. The summed E-state index contributed by atoms with van der Waals surface area (Å²) in [5, 5.41) is 8.62. The summed E-state index contributed by atoms with van der Waals surface area (Å²) >= 11 is 12.3. The van der Waals surface area contributed by atoms with Crippen LogP contribution in [0.15, 0.2) is 18.3 Å². The molecule has 0 radical (unpaired) electrons. The monoisotopic (exact) mass is 310 g/mol. The van der Waals surface area contributed by atoms with E-state index in [1.165, 1.54) is 10.9 Å². The number of rotatable bonds is 1. The van der Waals surface area contributed by atoms with Gasteiger partial charge in [0.05, 0.1) is 16.9 Å². The normalized spacial score (nSPS) is 14.2. The molecule has 1 aliphatic heterocycles. The number of aryl methyl sites for hydroxylation is 2. The van der Waals surface area contributed by atoms with Crippen LogP contribution in [0.1, 0.15) is 22.5 Å². The van der Waals surface area contributed by atoms with Gasteiger partial charge in [0, 0.05) is 18.6 Å². The summed E-state index contributed by atoms with van der Waals surface area (Å²) in [6.07, 6.45) is 3.20. The van der Waals surface area contributed by atoms with Crippen molar-refractivity contribution in [3.05, 3.63) is 39.6 Å². The molecule has 0 atom stereocenters. The second-order valence-electron chi connectivity index (χ2n) is 4.70. The molecule has 20 heavy (non-hydrogen) atoms. The van der Waals surface area contributed by atoms with Gasteiger partial charge >= 0.3 is 0 Å². The molecule has 0 saturated carbocycles. The SMILES string of the molecule is Cn1nncc1C(=O)N1CCCc2cc(Cl)cc(Cl)c21. The minimum atomic E-state index is -0.150. The molecule has 2 aromatic rings. The van der Waals surface area contributed by atoms with Crippen molar-refractivity contribution in [2.75, 3.05) is 11.4 Å². The second-order valence-corrected chi connectivity index (χ2v) is 5.54. The number of hydrogen-bond donors (Lipinski definition) is 0. The number of hydrogen-bond acceptors (Lipinski definition) is 3. The number of halogens is 2. The molecule has 5 nitrogen and oxygen atoms in total. The summed E-state index contributed by atoms with van der Waals surface area (Å²) in [5.74, 6) is -0.150. The van der Waals surface area contributed by atoms with E-state index in [1.54, 1.807) is 18.0 Å². The van der Waals surface area contributed by atoms with Crippen LogP contribution in [0, 0.1) is 0 Å². The van der Waals surface area contributed by atoms with Gasteiger partial charge in [0.2, 0.25) is 0 Å². The van der Waals surface area contributed by atoms with Crippen molar-refractivity contribution in [1.82, 2.24) is 15.0 Å². The first-order valence-corrected chi connectivity index (χ1v) is 6.98. The van der Waals surface area contributed by atoms with E-state index in [2.05, 4.69) is 10.3 Å². The average molecular weight is 311 g/mol. The van der Waals surface area contributed by atoms with Crippen molar-refractivity contribution in [3.8, 4) is 0 Å². The number of fused-ring (bicyclic) bond motifs is 1. The van der Waals surface area contributed by atoms with Gasteiger partial charge in [-0.25, -0.2) is 4.68 Å². The van der Waals surface area contributed by atoms with Crippen molar-refractivity contribution in [3.63, 3.8) is 0 Å². The number of amides is 1. The number of nitrogens with zero attached hydrogens (tertiary/aromatic N) is 4. The highest BCUT2D eigenvalue weighted by Crippen LogP contribution is 2.37. The van der Waals surface area contributed by atoms with Gasteiger partial charge in [-0.3, -0.25) is 4.79 Å². The minimum Gasteiger partial charge on any atom is -0.305 e. The Morgan fingerprint density at radius 1 is 1.35 bits per heavy atom. The van der Waals surface area contributed by atoms with Crippen molar-refractivity contribution in [2.24, 2.45) is 7.05 Å². The van der Waals surface area contributed by atoms with Gasteiger partial charge in [-0.2, -0.15) is 0 Å². The predicted octanol–water partition coefficient (Wildman–Crippen LogP) is 2.71. The van der Waals surface area contributed by atoms with Crippen LogP contribution in [-0.2, 0) is 13.5 Å². The van der Waals surface area contributed by atoms with E-state index in [-0.39, 0.29) is 5.91 Å². The number of anilines is 1. The van der Waals surface area contributed by atoms with E-state index < -0.39 is 0 Å². The predicted molar refractivity (Wildman–Crippen MR) is 77.5 cm³/mol. The summed E-state index contributed by atoms with van der Waals surface area (Å²) in [7, 11) is 1.69. The topological polar surface area (TPSA) is 51.0 Å².